The summed E-state index contributed by atoms with van der Waals surface area (Å²) in [6, 6.07) is 15.4. The van der Waals surface area contributed by atoms with Gasteiger partial charge in [-0.15, -0.1) is 11.8 Å². The molecule has 0 spiro atoms. The summed E-state index contributed by atoms with van der Waals surface area (Å²) in [6.07, 6.45) is 0. The van der Waals surface area contributed by atoms with E-state index in [1.165, 1.54) is 0 Å². The Morgan fingerprint density at radius 2 is 1.70 bits per heavy atom. The van der Waals surface area contributed by atoms with Crippen LogP contribution in [0.3, 0.4) is 0 Å². The van der Waals surface area contributed by atoms with Crippen molar-refractivity contribution in [1.29, 1.82) is 0 Å². The molecule has 1 atom stereocenters. The van der Waals surface area contributed by atoms with E-state index in [9.17, 15) is 4.79 Å². The van der Waals surface area contributed by atoms with Crippen molar-refractivity contribution in [2.75, 3.05) is 7.11 Å². The summed E-state index contributed by atoms with van der Waals surface area (Å²) >= 11 is 1.70. The van der Waals surface area contributed by atoms with Crippen LogP contribution in [0.5, 0.6) is 5.75 Å². The minimum Gasteiger partial charge on any atom is -0.497 e. The van der Waals surface area contributed by atoms with E-state index in [4.69, 9.17) is 4.74 Å². The first kappa shape index (κ1) is 17.4. The van der Waals surface area contributed by atoms with Gasteiger partial charge in [0.05, 0.1) is 18.7 Å². The van der Waals surface area contributed by atoms with E-state index in [2.05, 4.69) is 19.2 Å². The van der Waals surface area contributed by atoms with Gasteiger partial charge in [-0.3, -0.25) is 4.79 Å². The minimum absolute atomic E-state index is 0.0444. The average molecular weight is 329 g/mol. The van der Waals surface area contributed by atoms with E-state index in [0.29, 0.717) is 5.25 Å². The van der Waals surface area contributed by atoms with Gasteiger partial charge in [-0.25, -0.2) is 0 Å². The van der Waals surface area contributed by atoms with E-state index in [1.807, 2.05) is 55.5 Å². The van der Waals surface area contributed by atoms with Crippen LogP contribution in [0.2, 0.25) is 0 Å². The summed E-state index contributed by atoms with van der Waals surface area (Å²) in [5.41, 5.74) is 1.78. The Balaban J connectivity index is 2.11. The lowest BCUT2D eigenvalue weighted by Gasteiger charge is -2.17. The van der Waals surface area contributed by atoms with Crippen molar-refractivity contribution in [2.24, 2.45) is 0 Å². The Kier molecular flexibility index (Phi) is 6.11. The molecule has 0 saturated heterocycles. The van der Waals surface area contributed by atoms with Gasteiger partial charge in [-0.1, -0.05) is 38.1 Å². The molecule has 2 aromatic rings. The second-order valence-corrected chi connectivity index (χ2v) is 7.25. The monoisotopic (exact) mass is 329 g/mol. The molecule has 0 aromatic heterocycles. The number of carbonyl (C=O) groups excluding carboxylic acids is 1. The Morgan fingerprint density at radius 1 is 1.04 bits per heavy atom. The number of ether oxygens (including phenoxy) is 1. The predicted molar refractivity (Wildman–Crippen MR) is 96.3 cm³/mol. The lowest BCUT2D eigenvalue weighted by atomic mass is 10.1. The highest BCUT2D eigenvalue weighted by Gasteiger charge is 2.15. The summed E-state index contributed by atoms with van der Waals surface area (Å²) in [7, 11) is 1.64. The molecule has 0 fully saturated rings. The molecule has 0 unspecified atom stereocenters. The molecular weight excluding hydrogens is 306 g/mol. The maximum absolute atomic E-state index is 12.6. The van der Waals surface area contributed by atoms with Crippen molar-refractivity contribution >= 4 is 17.7 Å². The number of hydrogen-bond donors (Lipinski definition) is 1. The molecular formula is C19H23NO2S. The number of benzene rings is 2. The third kappa shape index (κ3) is 4.76. The van der Waals surface area contributed by atoms with Gasteiger partial charge < -0.3 is 10.1 Å². The highest BCUT2D eigenvalue weighted by molar-refractivity contribution is 8.00. The fourth-order valence-corrected chi connectivity index (χ4v) is 3.21. The standard InChI is InChI=1S/C19H23NO2S/c1-13(2)23-18-8-6-5-7-17(18)19(21)20-14(3)15-9-11-16(22-4)12-10-15/h5-14H,1-4H3,(H,20,21)/t14-/m0/s1. The van der Waals surface area contributed by atoms with Gasteiger partial charge >= 0.3 is 0 Å². The molecule has 3 nitrogen and oxygen atoms in total. The molecule has 122 valence electrons. The van der Waals surface area contributed by atoms with Crippen molar-refractivity contribution in [3.05, 3.63) is 59.7 Å². The second kappa shape index (κ2) is 8.06. The molecule has 4 heteroatoms. The number of nitrogens with one attached hydrogen (secondary N) is 1. The summed E-state index contributed by atoms with van der Waals surface area (Å²) < 4.78 is 5.16. The summed E-state index contributed by atoms with van der Waals surface area (Å²) in [5.74, 6) is 0.767. The average Bonchev–Trinajstić information content (AvgIpc) is 2.54. The zero-order valence-corrected chi connectivity index (χ0v) is 14.8. The molecule has 1 N–H and O–H groups in total. The highest BCUT2D eigenvalue weighted by Crippen LogP contribution is 2.27. The zero-order chi connectivity index (χ0) is 16.8. The van der Waals surface area contributed by atoms with Crippen LogP contribution in [0.1, 0.15) is 42.7 Å². The van der Waals surface area contributed by atoms with E-state index >= 15 is 0 Å². The fraction of sp³-hybridized carbons (Fsp3) is 0.316. The van der Waals surface area contributed by atoms with Crippen molar-refractivity contribution in [2.45, 2.75) is 37.0 Å². The Bertz CT molecular complexity index is 653. The van der Waals surface area contributed by atoms with E-state index < -0.39 is 0 Å². The quantitative estimate of drug-likeness (QED) is 0.782. The Morgan fingerprint density at radius 3 is 2.30 bits per heavy atom. The molecule has 0 aliphatic carbocycles. The van der Waals surface area contributed by atoms with Crippen LogP contribution in [0, 0.1) is 0 Å². The molecule has 2 aromatic carbocycles. The molecule has 0 aliphatic heterocycles. The lowest BCUT2D eigenvalue weighted by molar-refractivity contribution is 0.0937. The van der Waals surface area contributed by atoms with Gasteiger partial charge in [-0.05, 0) is 36.8 Å². The predicted octanol–water partition coefficient (Wildman–Crippen LogP) is 4.69. The van der Waals surface area contributed by atoms with Crippen LogP contribution in [0.25, 0.3) is 0 Å². The fourth-order valence-electron chi connectivity index (χ4n) is 2.26. The van der Waals surface area contributed by atoms with Gasteiger partial charge in [0.2, 0.25) is 0 Å². The molecule has 0 bridgehead atoms. The summed E-state index contributed by atoms with van der Waals surface area (Å²) in [6.45, 7) is 6.23. The van der Waals surface area contributed by atoms with Gasteiger partial charge in [0.15, 0.2) is 0 Å². The zero-order valence-electron chi connectivity index (χ0n) is 14.0. The Labute approximate surface area is 142 Å². The molecule has 0 radical (unpaired) electrons. The van der Waals surface area contributed by atoms with E-state index in [1.54, 1.807) is 18.9 Å². The molecule has 0 aliphatic rings. The minimum atomic E-state index is -0.0643. The van der Waals surface area contributed by atoms with E-state index in [0.717, 1.165) is 21.8 Å². The third-order valence-electron chi connectivity index (χ3n) is 3.46. The Hall–Kier alpha value is -1.94. The van der Waals surface area contributed by atoms with Crippen molar-refractivity contribution in [3.63, 3.8) is 0 Å². The van der Waals surface area contributed by atoms with Gasteiger partial charge in [0.1, 0.15) is 5.75 Å². The molecule has 2 rings (SSSR count). The van der Waals surface area contributed by atoms with Gasteiger partial charge in [0, 0.05) is 10.1 Å². The molecule has 0 heterocycles. The third-order valence-corrected chi connectivity index (χ3v) is 4.54. The normalized spacial score (nSPS) is 12.0. The second-order valence-electron chi connectivity index (χ2n) is 5.63. The topological polar surface area (TPSA) is 38.3 Å². The van der Waals surface area contributed by atoms with Gasteiger partial charge in [0.25, 0.3) is 5.91 Å². The SMILES string of the molecule is COc1ccc([C@H](C)NC(=O)c2ccccc2SC(C)C)cc1. The largest absolute Gasteiger partial charge is 0.497 e. The van der Waals surface area contributed by atoms with Crippen molar-refractivity contribution < 1.29 is 9.53 Å². The molecule has 1 amide bonds. The van der Waals surface area contributed by atoms with Crippen LogP contribution in [0.4, 0.5) is 0 Å². The molecule has 23 heavy (non-hydrogen) atoms. The maximum atomic E-state index is 12.6. The first-order valence-electron chi connectivity index (χ1n) is 7.71. The smallest absolute Gasteiger partial charge is 0.252 e. The number of rotatable bonds is 6. The highest BCUT2D eigenvalue weighted by atomic mass is 32.2. The number of hydrogen-bond acceptors (Lipinski definition) is 3. The number of amides is 1. The maximum Gasteiger partial charge on any atom is 0.252 e. The lowest BCUT2D eigenvalue weighted by Crippen LogP contribution is -2.27. The van der Waals surface area contributed by atoms with Crippen LogP contribution in [-0.2, 0) is 0 Å². The summed E-state index contributed by atoms with van der Waals surface area (Å²) in [5, 5.41) is 3.50. The summed E-state index contributed by atoms with van der Waals surface area (Å²) in [4.78, 5) is 13.6. The molecule has 0 saturated carbocycles. The van der Waals surface area contributed by atoms with Crippen LogP contribution < -0.4 is 10.1 Å². The van der Waals surface area contributed by atoms with Crippen LogP contribution in [-0.4, -0.2) is 18.3 Å². The van der Waals surface area contributed by atoms with Crippen molar-refractivity contribution in [1.82, 2.24) is 5.32 Å². The first-order chi connectivity index (χ1) is 11.0. The number of thioether (sulfide) groups is 1. The van der Waals surface area contributed by atoms with Crippen molar-refractivity contribution in [3.8, 4) is 5.75 Å². The van der Waals surface area contributed by atoms with Crippen LogP contribution >= 0.6 is 11.8 Å². The van der Waals surface area contributed by atoms with E-state index in [-0.39, 0.29) is 11.9 Å². The number of carbonyl (C=O) groups is 1. The first-order valence-corrected chi connectivity index (χ1v) is 8.59. The van der Waals surface area contributed by atoms with Gasteiger partial charge in [-0.2, -0.15) is 0 Å². The number of methoxy groups -OCH3 is 1. The van der Waals surface area contributed by atoms with Crippen LogP contribution in [0.15, 0.2) is 53.4 Å².